The standard InChI is InChI=1S/C14H22N2O4/c1-14(2,3)20-13(18)16-11-7-9(19-4)5-6-10(11)12(17)8-15/h5-7,12,17H,8,15H2,1-4H3,(H,16,18)/t12-/m0/s1. The summed E-state index contributed by atoms with van der Waals surface area (Å²) in [5, 5.41) is 12.5. The van der Waals surface area contributed by atoms with E-state index in [-0.39, 0.29) is 6.54 Å². The Labute approximate surface area is 118 Å². The van der Waals surface area contributed by atoms with Crippen LogP contribution in [0.4, 0.5) is 10.5 Å². The van der Waals surface area contributed by atoms with Gasteiger partial charge in [0.15, 0.2) is 0 Å². The number of anilines is 1. The van der Waals surface area contributed by atoms with Crippen molar-refractivity contribution >= 4 is 11.8 Å². The van der Waals surface area contributed by atoms with Crippen LogP contribution in [0.25, 0.3) is 0 Å². The van der Waals surface area contributed by atoms with Crippen molar-refractivity contribution in [3.05, 3.63) is 23.8 Å². The normalized spacial score (nSPS) is 12.7. The lowest BCUT2D eigenvalue weighted by Gasteiger charge is -2.21. The fourth-order valence-electron chi connectivity index (χ4n) is 1.60. The van der Waals surface area contributed by atoms with Crippen molar-refractivity contribution in [3.63, 3.8) is 0 Å². The molecular formula is C14H22N2O4. The number of hydrogen-bond donors (Lipinski definition) is 3. The van der Waals surface area contributed by atoms with E-state index in [2.05, 4.69) is 5.32 Å². The lowest BCUT2D eigenvalue weighted by molar-refractivity contribution is 0.0635. The van der Waals surface area contributed by atoms with E-state index in [9.17, 15) is 9.90 Å². The van der Waals surface area contributed by atoms with Gasteiger partial charge < -0.3 is 20.3 Å². The zero-order valence-electron chi connectivity index (χ0n) is 12.3. The van der Waals surface area contributed by atoms with Gasteiger partial charge in [0.1, 0.15) is 11.4 Å². The topological polar surface area (TPSA) is 93.8 Å². The summed E-state index contributed by atoms with van der Waals surface area (Å²) >= 11 is 0. The Bertz CT molecular complexity index is 469. The van der Waals surface area contributed by atoms with Crippen LogP contribution in [0.2, 0.25) is 0 Å². The SMILES string of the molecule is COc1ccc([C@@H](O)CN)c(NC(=O)OC(C)(C)C)c1. The summed E-state index contributed by atoms with van der Waals surface area (Å²) in [6.45, 7) is 5.37. The van der Waals surface area contributed by atoms with Crippen LogP contribution in [0, 0.1) is 0 Å². The van der Waals surface area contributed by atoms with Crippen LogP contribution < -0.4 is 15.8 Å². The molecule has 1 aromatic carbocycles. The van der Waals surface area contributed by atoms with Gasteiger partial charge in [-0.05, 0) is 26.8 Å². The minimum Gasteiger partial charge on any atom is -0.497 e. The number of amides is 1. The van der Waals surface area contributed by atoms with Crippen LogP contribution in [-0.4, -0.2) is 30.5 Å². The average molecular weight is 282 g/mol. The first-order valence-electron chi connectivity index (χ1n) is 6.33. The molecule has 0 saturated heterocycles. The number of hydrogen-bond acceptors (Lipinski definition) is 5. The van der Waals surface area contributed by atoms with E-state index in [4.69, 9.17) is 15.2 Å². The molecule has 0 aliphatic heterocycles. The first kappa shape index (κ1) is 16.3. The fraction of sp³-hybridized carbons (Fsp3) is 0.500. The molecular weight excluding hydrogens is 260 g/mol. The predicted octanol–water partition coefficient (Wildman–Crippen LogP) is 2.03. The Kier molecular flexibility index (Phi) is 5.35. The highest BCUT2D eigenvalue weighted by atomic mass is 16.6. The number of ether oxygens (including phenoxy) is 2. The van der Waals surface area contributed by atoms with Crippen molar-refractivity contribution in [1.82, 2.24) is 0 Å². The smallest absolute Gasteiger partial charge is 0.412 e. The van der Waals surface area contributed by atoms with Crippen molar-refractivity contribution in [3.8, 4) is 5.75 Å². The van der Waals surface area contributed by atoms with Gasteiger partial charge in [0.25, 0.3) is 0 Å². The fourth-order valence-corrected chi connectivity index (χ4v) is 1.60. The quantitative estimate of drug-likeness (QED) is 0.785. The Balaban J connectivity index is 2.98. The van der Waals surface area contributed by atoms with Gasteiger partial charge in [0.05, 0.1) is 18.9 Å². The summed E-state index contributed by atoms with van der Waals surface area (Å²) in [6, 6.07) is 4.95. The number of aliphatic hydroxyl groups excluding tert-OH is 1. The molecule has 4 N–H and O–H groups in total. The molecule has 1 atom stereocenters. The summed E-state index contributed by atoms with van der Waals surface area (Å²) in [7, 11) is 1.52. The highest BCUT2D eigenvalue weighted by Gasteiger charge is 2.19. The third-order valence-corrected chi connectivity index (χ3v) is 2.48. The number of nitrogens with one attached hydrogen (secondary N) is 1. The molecule has 20 heavy (non-hydrogen) atoms. The zero-order valence-corrected chi connectivity index (χ0v) is 12.3. The van der Waals surface area contributed by atoms with Crippen LogP contribution in [0.15, 0.2) is 18.2 Å². The molecule has 0 fully saturated rings. The van der Waals surface area contributed by atoms with Gasteiger partial charge in [-0.15, -0.1) is 0 Å². The molecule has 0 saturated carbocycles. The third-order valence-electron chi connectivity index (χ3n) is 2.48. The van der Waals surface area contributed by atoms with Crippen molar-refractivity contribution in [1.29, 1.82) is 0 Å². The first-order valence-corrected chi connectivity index (χ1v) is 6.33. The Morgan fingerprint density at radius 1 is 1.45 bits per heavy atom. The maximum Gasteiger partial charge on any atom is 0.412 e. The van der Waals surface area contributed by atoms with Gasteiger partial charge in [0, 0.05) is 18.2 Å². The van der Waals surface area contributed by atoms with E-state index in [1.54, 1.807) is 39.0 Å². The highest BCUT2D eigenvalue weighted by molar-refractivity contribution is 5.86. The number of benzene rings is 1. The average Bonchev–Trinajstić information content (AvgIpc) is 2.35. The molecule has 1 aromatic rings. The zero-order chi connectivity index (χ0) is 15.3. The van der Waals surface area contributed by atoms with Gasteiger partial charge >= 0.3 is 6.09 Å². The van der Waals surface area contributed by atoms with Crippen molar-refractivity contribution in [2.75, 3.05) is 19.0 Å². The minimum absolute atomic E-state index is 0.0509. The molecule has 0 aliphatic rings. The molecule has 0 bridgehead atoms. The highest BCUT2D eigenvalue weighted by Crippen LogP contribution is 2.27. The van der Waals surface area contributed by atoms with Gasteiger partial charge in [-0.3, -0.25) is 5.32 Å². The molecule has 0 aliphatic carbocycles. The molecule has 6 nitrogen and oxygen atoms in total. The molecule has 0 heterocycles. The number of rotatable bonds is 4. The maximum absolute atomic E-state index is 11.8. The summed E-state index contributed by atoms with van der Waals surface area (Å²) in [5.74, 6) is 0.559. The summed E-state index contributed by atoms with van der Waals surface area (Å²) in [4.78, 5) is 11.8. The van der Waals surface area contributed by atoms with E-state index < -0.39 is 17.8 Å². The second kappa shape index (κ2) is 6.58. The molecule has 0 spiro atoms. The molecule has 112 valence electrons. The van der Waals surface area contributed by atoms with E-state index in [1.165, 1.54) is 7.11 Å². The summed E-state index contributed by atoms with van der Waals surface area (Å²) in [6.07, 6.45) is -1.47. The second-order valence-corrected chi connectivity index (χ2v) is 5.33. The lowest BCUT2D eigenvalue weighted by Crippen LogP contribution is -2.28. The van der Waals surface area contributed by atoms with E-state index in [0.29, 0.717) is 17.0 Å². The van der Waals surface area contributed by atoms with Crippen molar-refractivity contribution in [2.45, 2.75) is 32.5 Å². The van der Waals surface area contributed by atoms with Crippen molar-refractivity contribution in [2.24, 2.45) is 5.73 Å². The molecule has 1 amide bonds. The lowest BCUT2D eigenvalue weighted by atomic mass is 10.1. The number of methoxy groups -OCH3 is 1. The van der Waals surface area contributed by atoms with Crippen LogP contribution >= 0.6 is 0 Å². The largest absolute Gasteiger partial charge is 0.497 e. The van der Waals surface area contributed by atoms with E-state index in [0.717, 1.165) is 0 Å². The molecule has 0 radical (unpaired) electrons. The Hall–Kier alpha value is -1.79. The van der Waals surface area contributed by atoms with Crippen LogP contribution in [0.3, 0.4) is 0 Å². The van der Waals surface area contributed by atoms with Gasteiger partial charge in [-0.1, -0.05) is 6.07 Å². The molecule has 1 rings (SSSR count). The number of nitrogens with two attached hydrogens (primary N) is 1. The van der Waals surface area contributed by atoms with E-state index in [1.807, 2.05) is 0 Å². The maximum atomic E-state index is 11.8. The van der Waals surface area contributed by atoms with Gasteiger partial charge in [-0.25, -0.2) is 4.79 Å². The van der Waals surface area contributed by atoms with Crippen molar-refractivity contribution < 1.29 is 19.4 Å². The summed E-state index contributed by atoms with van der Waals surface area (Å²) < 4.78 is 10.3. The molecule has 6 heteroatoms. The van der Waals surface area contributed by atoms with Crippen LogP contribution in [0.1, 0.15) is 32.4 Å². The molecule has 0 unspecified atom stereocenters. The first-order chi connectivity index (χ1) is 9.26. The number of aliphatic hydroxyl groups is 1. The predicted molar refractivity (Wildman–Crippen MR) is 76.9 cm³/mol. The third kappa shape index (κ3) is 4.71. The Morgan fingerprint density at radius 2 is 2.10 bits per heavy atom. The second-order valence-electron chi connectivity index (χ2n) is 5.33. The number of carbonyl (C=O) groups is 1. The van der Waals surface area contributed by atoms with Crippen LogP contribution in [0.5, 0.6) is 5.75 Å². The monoisotopic (exact) mass is 282 g/mol. The van der Waals surface area contributed by atoms with Crippen LogP contribution in [-0.2, 0) is 4.74 Å². The van der Waals surface area contributed by atoms with E-state index >= 15 is 0 Å². The number of carbonyl (C=O) groups excluding carboxylic acids is 1. The summed E-state index contributed by atoms with van der Waals surface area (Å²) in [5.41, 5.74) is 5.78. The van der Waals surface area contributed by atoms with Gasteiger partial charge in [-0.2, -0.15) is 0 Å². The molecule has 0 aromatic heterocycles. The Morgan fingerprint density at radius 3 is 2.60 bits per heavy atom. The minimum atomic E-state index is -0.870. The van der Waals surface area contributed by atoms with Gasteiger partial charge in [0.2, 0.25) is 0 Å².